The lowest BCUT2D eigenvalue weighted by atomic mass is 9.83. The van der Waals surface area contributed by atoms with Crippen LogP contribution in [0.3, 0.4) is 0 Å². The Bertz CT molecular complexity index is 1190. The minimum Gasteiger partial charge on any atom is -0.369 e. The van der Waals surface area contributed by atoms with Gasteiger partial charge in [-0.2, -0.15) is 0 Å². The second-order valence-electron chi connectivity index (χ2n) is 9.56. The van der Waals surface area contributed by atoms with Crippen molar-refractivity contribution in [3.8, 4) is 0 Å². The second kappa shape index (κ2) is 9.87. The molecule has 1 heterocycles. The number of guanidine groups is 1. The SMILES string of the molecule is NC1=NC(c2ccccc2)(c2ccccc2)C(=O)N1Cc1cccc(C(=O)C2CCCCCC2)c1. The number of hydrogen-bond acceptors (Lipinski definition) is 4. The summed E-state index contributed by atoms with van der Waals surface area (Å²) in [5.41, 5.74) is 8.30. The summed E-state index contributed by atoms with van der Waals surface area (Å²) in [6, 6.07) is 26.8. The van der Waals surface area contributed by atoms with E-state index in [1.807, 2.05) is 84.9 Å². The molecule has 3 aromatic rings. The molecule has 1 amide bonds. The van der Waals surface area contributed by atoms with E-state index < -0.39 is 5.54 Å². The molecule has 0 saturated heterocycles. The highest BCUT2D eigenvalue weighted by Crippen LogP contribution is 2.40. The van der Waals surface area contributed by atoms with Crippen LogP contribution in [-0.2, 0) is 16.9 Å². The molecule has 0 aromatic heterocycles. The van der Waals surface area contributed by atoms with Crippen LogP contribution >= 0.6 is 0 Å². The standard InChI is InChI=1S/C30H31N3O2/c31-29-32-30(25-16-7-3-8-17-25,26-18-9-4-10-19-26)28(35)33(29)21-22-12-11-15-24(20-22)27(34)23-13-5-1-2-6-14-23/h3-4,7-12,15-20,23H,1-2,5-6,13-14,21H2,(H2,31,32). The molecular weight excluding hydrogens is 434 g/mol. The summed E-state index contributed by atoms with van der Waals surface area (Å²) in [5, 5.41) is 0. The smallest absolute Gasteiger partial charge is 0.266 e. The van der Waals surface area contributed by atoms with Crippen LogP contribution in [0.5, 0.6) is 0 Å². The monoisotopic (exact) mass is 465 g/mol. The van der Waals surface area contributed by atoms with Gasteiger partial charge in [-0.1, -0.05) is 105 Å². The number of carbonyl (C=O) groups is 2. The van der Waals surface area contributed by atoms with Crippen molar-refractivity contribution < 1.29 is 9.59 Å². The summed E-state index contributed by atoms with van der Waals surface area (Å²) in [6.45, 7) is 0.265. The first-order valence-electron chi connectivity index (χ1n) is 12.5. The highest BCUT2D eigenvalue weighted by atomic mass is 16.2. The number of Topliss-reactive ketones (excluding diaryl/α,β-unsaturated/α-hetero) is 1. The van der Waals surface area contributed by atoms with Crippen molar-refractivity contribution in [1.82, 2.24) is 4.90 Å². The molecule has 0 spiro atoms. The van der Waals surface area contributed by atoms with E-state index >= 15 is 0 Å². The fraction of sp³-hybridized carbons (Fsp3) is 0.300. The summed E-state index contributed by atoms with van der Waals surface area (Å²) in [4.78, 5) is 33.5. The van der Waals surface area contributed by atoms with Crippen molar-refractivity contribution >= 4 is 17.6 Å². The van der Waals surface area contributed by atoms with Gasteiger partial charge in [0.05, 0.1) is 6.54 Å². The summed E-state index contributed by atoms with van der Waals surface area (Å²) >= 11 is 0. The Morgan fingerprint density at radius 3 is 2.06 bits per heavy atom. The van der Waals surface area contributed by atoms with E-state index in [-0.39, 0.29) is 30.1 Å². The van der Waals surface area contributed by atoms with E-state index in [9.17, 15) is 9.59 Å². The van der Waals surface area contributed by atoms with Crippen molar-refractivity contribution in [3.63, 3.8) is 0 Å². The number of carbonyl (C=O) groups excluding carboxylic acids is 2. The number of hydrogen-bond donors (Lipinski definition) is 1. The number of benzene rings is 3. The Morgan fingerprint density at radius 2 is 1.46 bits per heavy atom. The van der Waals surface area contributed by atoms with E-state index in [1.165, 1.54) is 17.7 Å². The minimum atomic E-state index is -1.22. The molecule has 35 heavy (non-hydrogen) atoms. The Kier molecular flexibility index (Phi) is 6.49. The van der Waals surface area contributed by atoms with Crippen molar-refractivity contribution in [3.05, 3.63) is 107 Å². The zero-order chi connectivity index (χ0) is 24.3. The van der Waals surface area contributed by atoms with E-state index in [4.69, 9.17) is 10.7 Å². The summed E-state index contributed by atoms with van der Waals surface area (Å²) < 4.78 is 0. The normalized spacial score (nSPS) is 18.2. The Balaban J connectivity index is 1.44. The maximum atomic E-state index is 14.0. The van der Waals surface area contributed by atoms with Crippen LogP contribution in [0.15, 0.2) is 89.9 Å². The topological polar surface area (TPSA) is 75.8 Å². The van der Waals surface area contributed by atoms with Gasteiger partial charge in [0, 0.05) is 11.5 Å². The quantitative estimate of drug-likeness (QED) is 0.389. The highest BCUT2D eigenvalue weighted by molar-refractivity contribution is 6.09. The van der Waals surface area contributed by atoms with Crippen LogP contribution in [0.2, 0.25) is 0 Å². The van der Waals surface area contributed by atoms with Gasteiger partial charge >= 0.3 is 0 Å². The van der Waals surface area contributed by atoms with Gasteiger partial charge in [-0.05, 0) is 35.6 Å². The van der Waals surface area contributed by atoms with Gasteiger partial charge in [-0.3, -0.25) is 14.5 Å². The molecule has 5 heteroatoms. The fourth-order valence-corrected chi connectivity index (χ4v) is 5.42. The van der Waals surface area contributed by atoms with Gasteiger partial charge < -0.3 is 5.73 Å². The molecule has 0 atom stereocenters. The van der Waals surface area contributed by atoms with Crippen LogP contribution in [0.1, 0.15) is 65.6 Å². The molecule has 178 valence electrons. The molecular formula is C30H31N3O2. The zero-order valence-electron chi connectivity index (χ0n) is 19.9. The largest absolute Gasteiger partial charge is 0.369 e. The summed E-state index contributed by atoms with van der Waals surface area (Å²) in [7, 11) is 0. The van der Waals surface area contributed by atoms with Crippen molar-refractivity contribution in [2.24, 2.45) is 16.6 Å². The van der Waals surface area contributed by atoms with Crippen molar-refractivity contribution in [1.29, 1.82) is 0 Å². The summed E-state index contributed by atoms with van der Waals surface area (Å²) in [5.74, 6) is 0.304. The lowest BCUT2D eigenvalue weighted by Crippen LogP contribution is -2.43. The number of nitrogens with two attached hydrogens (primary N) is 1. The molecule has 0 unspecified atom stereocenters. The first-order chi connectivity index (χ1) is 17.1. The molecule has 1 saturated carbocycles. The number of amides is 1. The van der Waals surface area contributed by atoms with Crippen LogP contribution in [0, 0.1) is 5.92 Å². The number of ketones is 1. The molecule has 1 aliphatic carbocycles. The van der Waals surface area contributed by atoms with Gasteiger partial charge in [0.25, 0.3) is 5.91 Å². The van der Waals surface area contributed by atoms with Crippen LogP contribution in [0.25, 0.3) is 0 Å². The molecule has 3 aromatic carbocycles. The fourth-order valence-electron chi connectivity index (χ4n) is 5.42. The average Bonchev–Trinajstić information content (AvgIpc) is 3.07. The van der Waals surface area contributed by atoms with E-state index in [2.05, 4.69) is 0 Å². The second-order valence-corrected chi connectivity index (χ2v) is 9.56. The third-order valence-electron chi connectivity index (χ3n) is 7.27. The molecule has 0 radical (unpaired) electrons. The molecule has 1 aliphatic heterocycles. The van der Waals surface area contributed by atoms with Gasteiger partial charge in [-0.25, -0.2) is 4.99 Å². The third kappa shape index (κ3) is 4.39. The Hall–Kier alpha value is -3.73. The first-order valence-corrected chi connectivity index (χ1v) is 12.5. The number of rotatable bonds is 6. The van der Waals surface area contributed by atoms with Gasteiger partial charge in [0.2, 0.25) is 0 Å². The molecule has 2 aliphatic rings. The van der Waals surface area contributed by atoms with Crippen molar-refractivity contribution in [2.75, 3.05) is 0 Å². The van der Waals surface area contributed by atoms with Crippen LogP contribution < -0.4 is 5.73 Å². The van der Waals surface area contributed by atoms with Gasteiger partial charge in [-0.15, -0.1) is 0 Å². The highest BCUT2D eigenvalue weighted by Gasteiger charge is 2.50. The van der Waals surface area contributed by atoms with Gasteiger partial charge in [0.1, 0.15) is 0 Å². The zero-order valence-corrected chi connectivity index (χ0v) is 19.9. The van der Waals surface area contributed by atoms with E-state index in [0.717, 1.165) is 42.4 Å². The lowest BCUT2D eigenvalue weighted by Gasteiger charge is -2.27. The molecule has 5 nitrogen and oxygen atoms in total. The Labute approximate surface area is 206 Å². The number of aliphatic imine (C=N–C) groups is 1. The van der Waals surface area contributed by atoms with Crippen LogP contribution in [-0.4, -0.2) is 22.5 Å². The maximum absolute atomic E-state index is 14.0. The predicted octanol–water partition coefficient (Wildman–Crippen LogP) is 5.44. The maximum Gasteiger partial charge on any atom is 0.266 e. The number of nitrogens with zero attached hydrogens (tertiary/aromatic N) is 2. The third-order valence-corrected chi connectivity index (χ3v) is 7.27. The first kappa shape index (κ1) is 23.0. The van der Waals surface area contributed by atoms with E-state index in [1.54, 1.807) is 0 Å². The lowest BCUT2D eigenvalue weighted by molar-refractivity contribution is -0.130. The predicted molar refractivity (Wildman–Crippen MR) is 138 cm³/mol. The van der Waals surface area contributed by atoms with E-state index in [0.29, 0.717) is 5.56 Å². The molecule has 0 bridgehead atoms. The molecule has 1 fully saturated rings. The Morgan fingerprint density at radius 1 is 0.857 bits per heavy atom. The molecule has 5 rings (SSSR count). The van der Waals surface area contributed by atoms with Gasteiger partial charge in [0.15, 0.2) is 17.3 Å². The summed E-state index contributed by atoms with van der Waals surface area (Å²) in [6.07, 6.45) is 6.58. The van der Waals surface area contributed by atoms with Crippen molar-refractivity contribution in [2.45, 2.75) is 50.6 Å². The minimum absolute atomic E-state index is 0.0941. The molecule has 2 N–H and O–H groups in total. The average molecular weight is 466 g/mol. The van der Waals surface area contributed by atoms with Crippen LogP contribution in [0.4, 0.5) is 0 Å².